The zero-order valence-electron chi connectivity index (χ0n) is 14.5. The third kappa shape index (κ3) is 5.03. The molecular weight excluding hydrogens is 359 g/mol. The molecule has 8 heteroatoms. The van der Waals surface area contributed by atoms with Crippen molar-refractivity contribution < 1.29 is 13.9 Å². The second-order valence-electron chi connectivity index (χ2n) is 6.13. The molecule has 0 radical (unpaired) electrons. The topological polar surface area (TPSA) is 73.4 Å². The highest BCUT2D eigenvalue weighted by atomic mass is 35.5. The first-order valence-electron chi connectivity index (χ1n) is 8.60. The Morgan fingerprint density at radius 1 is 1.23 bits per heavy atom. The van der Waals surface area contributed by atoms with Crippen LogP contribution in [0.3, 0.4) is 0 Å². The van der Waals surface area contributed by atoms with Crippen molar-refractivity contribution in [3.05, 3.63) is 48.0 Å². The number of aromatic nitrogens is 2. The Hall–Kier alpha value is -1.96. The van der Waals surface area contributed by atoms with Gasteiger partial charge in [-0.25, -0.2) is 9.07 Å². The van der Waals surface area contributed by atoms with Gasteiger partial charge in [-0.1, -0.05) is 0 Å². The van der Waals surface area contributed by atoms with Gasteiger partial charge in [0.1, 0.15) is 5.82 Å². The molecule has 1 fully saturated rings. The van der Waals surface area contributed by atoms with Crippen LogP contribution >= 0.6 is 12.4 Å². The summed E-state index contributed by atoms with van der Waals surface area (Å²) in [4.78, 5) is 14.4. The van der Waals surface area contributed by atoms with Gasteiger partial charge in [0.05, 0.1) is 11.8 Å². The summed E-state index contributed by atoms with van der Waals surface area (Å²) in [6.45, 7) is 2.64. The summed E-state index contributed by atoms with van der Waals surface area (Å²) in [7, 11) is 0. The predicted molar refractivity (Wildman–Crippen MR) is 99.3 cm³/mol. The van der Waals surface area contributed by atoms with Crippen LogP contribution in [0.5, 0.6) is 0 Å². The number of ether oxygens (including phenoxy) is 1. The predicted octanol–water partition coefficient (Wildman–Crippen LogP) is 2.40. The van der Waals surface area contributed by atoms with Crippen LogP contribution in [0.15, 0.2) is 36.5 Å². The molecule has 1 amide bonds. The number of nitrogens with two attached hydrogens (primary N) is 1. The van der Waals surface area contributed by atoms with Gasteiger partial charge < -0.3 is 15.4 Å². The second-order valence-corrected chi connectivity index (χ2v) is 6.13. The van der Waals surface area contributed by atoms with Crippen molar-refractivity contribution in [3.8, 4) is 5.69 Å². The fourth-order valence-corrected chi connectivity index (χ4v) is 2.90. The monoisotopic (exact) mass is 382 g/mol. The Labute approximate surface area is 158 Å². The van der Waals surface area contributed by atoms with Gasteiger partial charge in [0.2, 0.25) is 0 Å². The van der Waals surface area contributed by atoms with E-state index in [1.165, 1.54) is 12.1 Å². The molecule has 1 aromatic heterocycles. The Balaban J connectivity index is 0.00000243. The molecular formula is C18H24ClFN4O2. The van der Waals surface area contributed by atoms with Crippen molar-refractivity contribution >= 4 is 18.3 Å². The van der Waals surface area contributed by atoms with Crippen molar-refractivity contribution in [1.29, 1.82) is 0 Å². The standard InChI is InChI=1S/C18H23FN4O2.ClH/c19-14-2-4-15(5-3-14)23-12-8-17(21-23)18(24)22-10-6-16(7-11-22)25-13-1-9-20;/h2-5,8,12,16H,1,6-7,9-11,13,20H2;1H. The first kappa shape index (κ1) is 20.4. The molecule has 1 aliphatic heterocycles. The first-order valence-corrected chi connectivity index (χ1v) is 8.60. The molecule has 1 aliphatic rings. The maximum Gasteiger partial charge on any atom is 0.274 e. The number of hydrogen-bond donors (Lipinski definition) is 1. The molecule has 3 rings (SSSR count). The van der Waals surface area contributed by atoms with E-state index in [4.69, 9.17) is 10.5 Å². The number of benzene rings is 1. The van der Waals surface area contributed by atoms with E-state index in [1.54, 1.807) is 34.0 Å². The minimum atomic E-state index is -0.302. The highest BCUT2D eigenvalue weighted by molar-refractivity contribution is 5.92. The highest BCUT2D eigenvalue weighted by Gasteiger charge is 2.25. The van der Waals surface area contributed by atoms with Crippen molar-refractivity contribution in [1.82, 2.24) is 14.7 Å². The lowest BCUT2D eigenvalue weighted by Gasteiger charge is -2.31. The van der Waals surface area contributed by atoms with E-state index in [1.807, 2.05) is 0 Å². The summed E-state index contributed by atoms with van der Waals surface area (Å²) in [5, 5.41) is 4.32. The van der Waals surface area contributed by atoms with Gasteiger partial charge in [-0.15, -0.1) is 12.4 Å². The van der Waals surface area contributed by atoms with E-state index in [2.05, 4.69) is 5.10 Å². The summed E-state index contributed by atoms with van der Waals surface area (Å²) in [6, 6.07) is 7.68. The van der Waals surface area contributed by atoms with Crippen LogP contribution in [0.2, 0.25) is 0 Å². The van der Waals surface area contributed by atoms with Gasteiger partial charge in [-0.05, 0) is 56.1 Å². The molecule has 0 bridgehead atoms. The third-order valence-corrected chi connectivity index (χ3v) is 4.33. The van der Waals surface area contributed by atoms with Gasteiger partial charge in [0.15, 0.2) is 5.69 Å². The largest absolute Gasteiger partial charge is 0.378 e. The zero-order chi connectivity index (χ0) is 17.6. The van der Waals surface area contributed by atoms with Crippen LogP contribution < -0.4 is 5.73 Å². The number of hydrogen-bond acceptors (Lipinski definition) is 4. The number of nitrogens with zero attached hydrogens (tertiary/aromatic N) is 3. The van der Waals surface area contributed by atoms with E-state index in [0.717, 1.165) is 19.3 Å². The minimum absolute atomic E-state index is 0. The lowest BCUT2D eigenvalue weighted by molar-refractivity contribution is 0.00828. The zero-order valence-corrected chi connectivity index (χ0v) is 15.3. The van der Waals surface area contributed by atoms with Crippen LogP contribution in [-0.2, 0) is 4.74 Å². The van der Waals surface area contributed by atoms with Crippen molar-refractivity contribution in [2.24, 2.45) is 5.73 Å². The minimum Gasteiger partial charge on any atom is -0.378 e. The Morgan fingerprint density at radius 2 is 1.92 bits per heavy atom. The molecule has 0 spiro atoms. The van der Waals surface area contributed by atoms with Crippen LogP contribution in [0, 0.1) is 5.82 Å². The average Bonchev–Trinajstić information content (AvgIpc) is 3.13. The van der Waals surface area contributed by atoms with Crippen molar-refractivity contribution in [2.75, 3.05) is 26.2 Å². The summed E-state index contributed by atoms with van der Waals surface area (Å²) in [6.07, 6.45) is 4.43. The Bertz CT molecular complexity index is 699. The molecule has 2 aromatic rings. The van der Waals surface area contributed by atoms with E-state index in [0.29, 0.717) is 37.6 Å². The summed E-state index contributed by atoms with van der Waals surface area (Å²) in [5.74, 6) is -0.384. The Kier molecular flexibility index (Phi) is 7.56. The average molecular weight is 383 g/mol. The van der Waals surface area contributed by atoms with Gasteiger partial charge in [0, 0.05) is 25.9 Å². The smallest absolute Gasteiger partial charge is 0.274 e. The van der Waals surface area contributed by atoms with E-state index in [9.17, 15) is 9.18 Å². The highest BCUT2D eigenvalue weighted by Crippen LogP contribution is 2.17. The molecule has 26 heavy (non-hydrogen) atoms. The fourth-order valence-electron chi connectivity index (χ4n) is 2.90. The molecule has 0 saturated carbocycles. The second kappa shape index (κ2) is 9.66. The lowest BCUT2D eigenvalue weighted by atomic mass is 10.1. The maximum absolute atomic E-state index is 13.0. The van der Waals surface area contributed by atoms with Crippen LogP contribution in [0.4, 0.5) is 4.39 Å². The van der Waals surface area contributed by atoms with Gasteiger partial charge in [-0.2, -0.15) is 5.10 Å². The number of amides is 1. The molecule has 1 aromatic carbocycles. The van der Waals surface area contributed by atoms with Crippen LogP contribution in [-0.4, -0.2) is 52.9 Å². The molecule has 142 valence electrons. The molecule has 0 aliphatic carbocycles. The van der Waals surface area contributed by atoms with Crippen LogP contribution in [0.25, 0.3) is 5.69 Å². The fraction of sp³-hybridized carbons (Fsp3) is 0.444. The molecule has 2 N–H and O–H groups in total. The quantitative estimate of drug-likeness (QED) is 0.778. The number of carbonyl (C=O) groups is 1. The molecule has 1 saturated heterocycles. The number of rotatable bonds is 6. The maximum atomic E-state index is 13.0. The molecule has 6 nitrogen and oxygen atoms in total. The van der Waals surface area contributed by atoms with E-state index >= 15 is 0 Å². The lowest BCUT2D eigenvalue weighted by Crippen LogP contribution is -2.41. The molecule has 0 unspecified atom stereocenters. The van der Waals surface area contributed by atoms with Crippen LogP contribution in [0.1, 0.15) is 29.8 Å². The summed E-state index contributed by atoms with van der Waals surface area (Å²) < 4.78 is 20.3. The number of halogens is 2. The normalized spacial score (nSPS) is 14.9. The summed E-state index contributed by atoms with van der Waals surface area (Å²) >= 11 is 0. The third-order valence-electron chi connectivity index (χ3n) is 4.33. The van der Waals surface area contributed by atoms with Gasteiger partial charge in [-0.3, -0.25) is 4.79 Å². The number of piperidine rings is 1. The first-order chi connectivity index (χ1) is 12.2. The Morgan fingerprint density at radius 3 is 2.58 bits per heavy atom. The number of likely N-dealkylation sites (tertiary alicyclic amines) is 1. The van der Waals surface area contributed by atoms with Crippen molar-refractivity contribution in [3.63, 3.8) is 0 Å². The van der Waals surface area contributed by atoms with E-state index < -0.39 is 0 Å². The van der Waals surface area contributed by atoms with Gasteiger partial charge in [0.25, 0.3) is 5.91 Å². The van der Waals surface area contributed by atoms with Gasteiger partial charge >= 0.3 is 0 Å². The number of carbonyl (C=O) groups excluding carboxylic acids is 1. The molecule has 0 atom stereocenters. The summed E-state index contributed by atoms with van der Waals surface area (Å²) in [5.41, 5.74) is 6.57. The van der Waals surface area contributed by atoms with E-state index in [-0.39, 0.29) is 30.2 Å². The molecule has 2 heterocycles. The van der Waals surface area contributed by atoms with Crippen molar-refractivity contribution in [2.45, 2.75) is 25.4 Å². The SMILES string of the molecule is Cl.NCCCOC1CCN(C(=O)c2ccn(-c3ccc(F)cc3)n2)CC1.